The molecule has 0 saturated heterocycles. The lowest BCUT2D eigenvalue weighted by Gasteiger charge is -2.16. The fraction of sp³-hybridized carbons (Fsp3) is 0.368. The number of halogens is 2. The molecule has 1 heterocycles. The summed E-state index contributed by atoms with van der Waals surface area (Å²) in [5, 5.41) is 5.97. The Morgan fingerprint density at radius 2 is 1.68 bits per heavy atom. The van der Waals surface area contributed by atoms with Gasteiger partial charge in [-0.1, -0.05) is 25.7 Å². The molecule has 2 N–H and O–H groups in total. The van der Waals surface area contributed by atoms with Gasteiger partial charge in [-0.3, -0.25) is 4.79 Å². The Hall–Kier alpha value is -2.50. The standard InChI is InChI=1S/C19H21F2N3O/c20-16-9-7-14(11-17(16)21)23-15-8-10-18(22-12-15)19(25)24-13-5-3-1-2-4-6-13/h7-13,23H,1-6H2,(H,24,25). The van der Waals surface area contributed by atoms with E-state index in [-0.39, 0.29) is 11.9 Å². The molecule has 2 aromatic rings. The number of nitrogens with one attached hydrogen (secondary N) is 2. The van der Waals surface area contributed by atoms with E-state index in [1.165, 1.54) is 25.1 Å². The number of carbonyl (C=O) groups excluding carboxylic acids is 1. The normalized spacial score (nSPS) is 15.4. The third-order valence-electron chi connectivity index (χ3n) is 4.39. The Morgan fingerprint density at radius 1 is 0.960 bits per heavy atom. The van der Waals surface area contributed by atoms with Crippen LogP contribution in [-0.2, 0) is 0 Å². The van der Waals surface area contributed by atoms with Crippen molar-refractivity contribution in [1.82, 2.24) is 10.3 Å². The second kappa shape index (κ2) is 8.05. The van der Waals surface area contributed by atoms with Crippen molar-refractivity contribution >= 4 is 17.3 Å². The van der Waals surface area contributed by atoms with E-state index in [4.69, 9.17) is 0 Å². The summed E-state index contributed by atoms with van der Waals surface area (Å²) in [5.74, 6) is -1.99. The van der Waals surface area contributed by atoms with Gasteiger partial charge in [0.15, 0.2) is 11.6 Å². The lowest BCUT2D eigenvalue weighted by Crippen LogP contribution is -2.34. The molecule has 1 aliphatic rings. The van der Waals surface area contributed by atoms with Crippen LogP contribution in [0.25, 0.3) is 0 Å². The lowest BCUT2D eigenvalue weighted by atomic mass is 10.1. The van der Waals surface area contributed by atoms with Crippen molar-refractivity contribution in [3.8, 4) is 0 Å². The summed E-state index contributed by atoms with van der Waals surface area (Å²) >= 11 is 0. The largest absolute Gasteiger partial charge is 0.354 e. The predicted molar refractivity (Wildman–Crippen MR) is 92.8 cm³/mol. The quantitative estimate of drug-likeness (QED) is 0.799. The van der Waals surface area contributed by atoms with E-state index in [2.05, 4.69) is 15.6 Å². The van der Waals surface area contributed by atoms with Crippen LogP contribution in [0.15, 0.2) is 36.5 Å². The molecule has 1 aromatic carbocycles. The monoisotopic (exact) mass is 345 g/mol. The first-order chi connectivity index (χ1) is 12.1. The Labute approximate surface area is 145 Å². The molecule has 25 heavy (non-hydrogen) atoms. The molecule has 0 radical (unpaired) electrons. The zero-order valence-corrected chi connectivity index (χ0v) is 13.9. The molecule has 0 atom stereocenters. The summed E-state index contributed by atoms with van der Waals surface area (Å²) in [6, 6.07) is 7.09. The first kappa shape index (κ1) is 17.3. The van der Waals surface area contributed by atoms with E-state index < -0.39 is 11.6 Å². The van der Waals surface area contributed by atoms with Crippen LogP contribution in [0.3, 0.4) is 0 Å². The van der Waals surface area contributed by atoms with Gasteiger partial charge < -0.3 is 10.6 Å². The molecule has 1 amide bonds. The lowest BCUT2D eigenvalue weighted by molar-refractivity contribution is 0.0928. The molecular weight excluding hydrogens is 324 g/mol. The maximum absolute atomic E-state index is 13.2. The molecule has 1 aromatic heterocycles. The number of aromatic nitrogens is 1. The summed E-state index contributed by atoms with van der Waals surface area (Å²) in [5.41, 5.74) is 1.36. The van der Waals surface area contributed by atoms with Gasteiger partial charge in [0.2, 0.25) is 0 Å². The summed E-state index contributed by atoms with van der Waals surface area (Å²) in [6.07, 6.45) is 8.29. The summed E-state index contributed by atoms with van der Waals surface area (Å²) in [4.78, 5) is 16.5. The summed E-state index contributed by atoms with van der Waals surface area (Å²) < 4.78 is 26.2. The minimum Gasteiger partial charge on any atom is -0.354 e. The van der Waals surface area contributed by atoms with Crippen molar-refractivity contribution in [2.75, 3.05) is 5.32 Å². The molecule has 4 nitrogen and oxygen atoms in total. The molecule has 132 valence electrons. The number of benzene rings is 1. The second-order valence-corrected chi connectivity index (χ2v) is 6.35. The minimum atomic E-state index is -0.919. The van der Waals surface area contributed by atoms with E-state index in [0.29, 0.717) is 17.1 Å². The fourth-order valence-electron chi connectivity index (χ4n) is 3.03. The van der Waals surface area contributed by atoms with E-state index >= 15 is 0 Å². The number of hydrogen-bond donors (Lipinski definition) is 2. The molecule has 0 spiro atoms. The number of amides is 1. The van der Waals surface area contributed by atoms with Gasteiger partial charge >= 0.3 is 0 Å². The van der Waals surface area contributed by atoms with Crippen LogP contribution in [0.2, 0.25) is 0 Å². The highest BCUT2D eigenvalue weighted by Crippen LogP contribution is 2.19. The van der Waals surface area contributed by atoms with Crippen LogP contribution >= 0.6 is 0 Å². The van der Waals surface area contributed by atoms with Crippen LogP contribution in [0, 0.1) is 11.6 Å². The summed E-state index contributed by atoms with van der Waals surface area (Å²) in [6.45, 7) is 0. The number of pyridine rings is 1. The van der Waals surface area contributed by atoms with Crippen LogP contribution in [0.4, 0.5) is 20.2 Å². The Morgan fingerprint density at radius 3 is 2.32 bits per heavy atom. The average Bonchev–Trinajstić information content (AvgIpc) is 2.87. The SMILES string of the molecule is O=C(NC1CCCCCC1)c1ccc(Nc2ccc(F)c(F)c2)cn1. The van der Waals surface area contributed by atoms with Gasteiger partial charge in [0.25, 0.3) is 5.91 Å². The average molecular weight is 345 g/mol. The fourth-order valence-corrected chi connectivity index (χ4v) is 3.03. The van der Waals surface area contributed by atoms with Crippen LogP contribution in [0.1, 0.15) is 49.0 Å². The van der Waals surface area contributed by atoms with Crippen molar-refractivity contribution < 1.29 is 13.6 Å². The number of rotatable bonds is 4. The van der Waals surface area contributed by atoms with Crippen molar-refractivity contribution in [2.45, 2.75) is 44.6 Å². The molecular formula is C19H21F2N3O. The first-order valence-corrected chi connectivity index (χ1v) is 8.61. The molecule has 1 fully saturated rings. The highest BCUT2D eigenvalue weighted by Gasteiger charge is 2.16. The molecule has 6 heteroatoms. The smallest absolute Gasteiger partial charge is 0.270 e. The molecule has 1 saturated carbocycles. The van der Waals surface area contributed by atoms with Gasteiger partial charge in [-0.2, -0.15) is 0 Å². The molecule has 1 aliphatic carbocycles. The van der Waals surface area contributed by atoms with E-state index in [1.807, 2.05) is 0 Å². The Bertz CT molecular complexity index is 726. The number of carbonyl (C=O) groups is 1. The number of anilines is 2. The molecule has 0 aliphatic heterocycles. The highest BCUT2D eigenvalue weighted by atomic mass is 19.2. The van der Waals surface area contributed by atoms with Crippen LogP contribution in [-0.4, -0.2) is 16.9 Å². The van der Waals surface area contributed by atoms with Gasteiger partial charge in [-0.05, 0) is 37.1 Å². The molecule has 0 unspecified atom stereocenters. The van der Waals surface area contributed by atoms with Gasteiger partial charge in [0, 0.05) is 17.8 Å². The van der Waals surface area contributed by atoms with Gasteiger partial charge in [-0.25, -0.2) is 13.8 Å². The Kier molecular flexibility index (Phi) is 5.58. The Balaban J connectivity index is 1.60. The third kappa shape index (κ3) is 4.75. The van der Waals surface area contributed by atoms with Gasteiger partial charge in [0.1, 0.15) is 5.69 Å². The predicted octanol–water partition coefficient (Wildman–Crippen LogP) is 4.56. The first-order valence-electron chi connectivity index (χ1n) is 8.61. The van der Waals surface area contributed by atoms with Gasteiger partial charge in [0.05, 0.1) is 11.9 Å². The molecule has 0 bridgehead atoms. The zero-order chi connectivity index (χ0) is 17.6. The minimum absolute atomic E-state index is 0.175. The second-order valence-electron chi connectivity index (χ2n) is 6.35. The molecule has 3 rings (SSSR count). The van der Waals surface area contributed by atoms with E-state index in [9.17, 15) is 13.6 Å². The summed E-state index contributed by atoms with van der Waals surface area (Å²) in [7, 11) is 0. The highest BCUT2D eigenvalue weighted by molar-refractivity contribution is 5.92. The zero-order valence-electron chi connectivity index (χ0n) is 13.9. The van der Waals surface area contributed by atoms with Crippen molar-refractivity contribution in [2.24, 2.45) is 0 Å². The third-order valence-corrected chi connectivity index (χ3v) is 4.39. The van der Waals surface area contributed by atoms with Crippen LogP contribution < -0.4 is 10.6 Å². The number of hydrogen-bond acceptors (Lipinski definition) is 3. The van der Waals surface area contributed by atoms with Crippen molar-refractivity contribution in [3.05, 3.63) is 53.9 Å². The van der Waals surface area contributed by atoms with E-state index in [1.54, 1.807) is 12.1 Å². The van der Waals surface area contributed by atoms with Crippen molar-refractivity contribution in [3.63, 3.8) is 0 Å². The maximum atomic E-state index is 13.2. The van der Waals surface area contributed by atoms with Crippen molar-refractivity contribution in [1.29, 1.82) is 0 Å². The van der Waals surface area contributed by atoms with Crippen LogP contribution in [0.5, 0.6) is 0 Å². The van der Waals surface area contributed by atoms with E-state index in [0.717, 1.165) is 37.8 Å². The van der Waals surface area contributed by atoms with Gasteiger partial charge in [-0.15, -0.1) is 0 Å². The number of nitrogens with zero attached hydrogens (tertiary/aromatic N) is 1. The maximum Gasteiger partial charge on any atom is 0.270 e. The topological polar surface area (TPSA) is 54.0 Å².